The summed E-state index contributed by atoms with van der Waals surface area (Å²) in [6.07, 6.45) is 12.0. The fourth-order valence-electron chi connectivity index (χ4n) is 5.23. The number of carboxylic acid groups (broad SMARTS) is 1. The number of aliphatic hydroxyl groups is 1. The number of carbonyl (C=O) groups is 1. The number of hydrogen-bond donors (Lipinski definition) is 2. The molecule has 1 fully saturated rings. The van der Waals surface area contributed by atoms with E-state index in [4.69, 9.17) is 0 Å². The van der Waals surface area contributed by atoms with Crippen molar-refractivity contribution >= 4 is 24.3 Å². The number of unbranched alkanes of at least 4 members (excludes halogenated alkanes) is 3. The average molecular weight is 461 g/mol. The van der Waals surface area contributed by atoms with Crippen molar-refractivity contribution in [1.82, 2.24) is 0 Å². The van der Waals surface area contributed by atoms with Crippen LogP contribution in [0.4, 0.5) is 0 Å². The molecule has 0 aromatic rings. The van der Waals surface area contributed by atoms with Gasteiger partial charge in [0, 0.05) is 0 Å². The molecule has 1 rings (SSSR count). The monoisotopic (exact) mass is 462 g/mol. The molecule has 4 heteroatoms. The van der Waals surface area contributed by atoms with Crippen molar-refractivity contribution in [2.45, 2.75) is 115 Å². The van der Waals surface area contributed by atoms with Gasteiger partial charge in [-0.2, -0.15) is 0 Å². The van der Waals surface area contributed by atoms with E-state index in [0.29, 0.717) is 3.93 Å². The van der Waals surface area contributed by atoms with E-state index in [2.05, 4.69) is 20.8 Å². The Hall–Kier alpha value is 0.229. The molecule has 0 bridgehead atoms. The van der Waals surface area contributed by atoms with Crippen molar-refractivity contribution in [3.05, 3.63) is 0 Å². The molecule has 148 valence electrons. The third-order valence-electron chi connectivity index (χ3n) is 6.57. The van der Waals surface area contributed by atoms with Gasteiger partial charge in [-0.05, 0) is 0 Å². The molecule has 0 heterocycles. The van der Waals surface area contributed by atoms with Crippen LogP contribution in [0.1, 0.15) is 91.4 Å². The van der Waals surface area contributed by atoms with E-state index < -0.39 is 30.5 Å². The summed E-state index contributed by atoms with van der Waals surface area (Å²) in [5.74, 6) is -0.570. The zero-order chi connectivity index (χ0) is 18.7. The summed E-state index contributed by atoms with van der Waals surface area (Å²) in [5, 5.41) is 19.9. The molecule has 3 nitrogen and oxygen atoms in total. The van der Waals surface area contributed by atoms with Crippen LogP contribution < -0.4 is 0 Å². The van der Waals surface area contributed by atoms with E-state index in [-0.39, 0.29) is 12.3 Å². The van der Waals surface area contributed by atoms with Crippen molar-refractivity contribution in [2.75, 3.05) is 0 Å². The average Bonchev–Trinajstić information content (AvgIpc) is 2.61. The Bertz CT molecular complexity index is 350. The van der Waals surface area contributed by atoms with Gasteiger partial charge >= 0.3 is 160 Å². The first-order valence-electron chi connectivity index (χ1n) is 10.9. The van der Waals surface area contributed by atoms with E-state index in [1.54, 1.807) is 0 Å². The van der Waals surface area contributed by atoms with Gasteiger partial charge in [0.1, 0.15) is 0 Å². The third kappa shape index (κ3) is 7.40. The molecule has 0 saturated heterocycles. The molecule has 3 atom stereocenters. The van der Waals surface area contributed by atoms with Crippen LogP contribution in [0, 0.1) is 5.92 Å². The summed E-state index contributed by atoms with van der Waals surface area (Å²) in [4.78, 5) is 11.2. The van der Waals surface area contributed by atoms with E-state index >= 15 is 0 Å². The SMILES string of the molecule is CCC[CH2][Sn]([CH2]CCC)([CH2]CCC)[CH]1CCCCC1C(O)CC(=O)O. The predicted molar refractivity (Wildman–Crippen MR) is 109 cm³/mol. The molecule has 3 unspecified atom stereocenters. The summed E-state index contributed by atoms with van der Waals surface area (Å²) >= 11 is -2.41. The first kappa shape index (κ1) is 23.3. The van der Waals surface area contributed by atoms with Crippen LogP contribution in [0.2, 0.25) is 17.2 Å². The van der Waals surface area contributed by atoms with E-state index in [0.717, 1.165) is 6.42 Å². The molecule has 2 N–H and O–H groups in total. The van der Waals surface area contributed by atoms with E-state index in [9.17, 15) is 15.0 Å². The normalized spacial score (nSPS) is 22.7. The Labute approximate surface area is 159 Å². The molecular weight excluding hydrogens is 419 g/mol. The first-order chi connectivity index (χ1) is 12.0. The van der Waals surface area contributed by atoms with Crippen LogP contribution in [-0.2, 0) is 4.79 Å². The molecule has 0 aromatic carbocycles. The molecule has 1 aliphatic rings. The summed E-state index contributed by atoms with van der Waals surface area (Å²) < 4.78 is 5.10. The molecule has 0 aliphatic heterocycles. The zero-order valence-electron chi connectivity index (χ0n) is 16.9. The van der Waals surface area contributed by atoms with Gasteiger partial charge in [0.2, 0.25) is 0 Å². The second-order valence-electron chi connectivity index (χ2n) is 8.39. The molecule has 1 saturated carbocycles. The first-order valence-corrected chi connectivity index (χ1v) is 18.6. The van der Waals surface area contributed by atoms with E-state index in [1.165, 1.54) is 71.1 Å². The summed E-state index contributed by atoms with van der Waals surface area (Å²) in [6, 6.07) is 0. The predicted octanol–water partition coefficient (Wildman–Crippen LogP) is 6.23. The molecule has 0 aromatic heterocycles. The maximum absolute atomic E-state index is 11.2. The van der Waals surface area contributed by atoms with E-state index in [1.807, 2.05) is 0 Å². The molecule has 1 aliphatic carbocycles. The quantitative estimate of drug-likeness (QED) is 0.320. The minimum atomic E-state index is -2.41. The van der Waals surface area contributed by atoms with Crippen molar-refractivity contribution in [2.24, 2.45) is 5.92 Å². The van der Waals surface area contributed by atoms with Gasteiger partial charge in [0.15, 0.2) is 0 Å². The third-order valence-corrected chi connectivity index (χ3v) is 24.7. The summed E-state index contributed by atoms with van der Waals surface area (Å²) in [5.41, 5.74) is 0. The summed E-state index contributed by atoms with van der Waals surface area (Å²) in [6.45, 7) is 6.90. The Kier molecular flexibility index (Phi) is 11.7. The van der Waals surface area contributed by atoms with Crippen LogP contribution in [0.15, 0.2) is 0 Å². The van der Waals surface area contributed by atoms with Gasteiger partial charge in [-0.15, -0.1) is 0 Å². The molecule has 0 amide bonds. The molecule has 0 spiro atoms. The maximum atomic E-state index is 11.2. The number of aliphatic carboxylic acids is 1. The molecule has 0 radical (unpaired) electrons. The number of aliphatic hydroxyl groups excluding tert-OH is 1. The second kappa shape index (κ2) is 12.6. The number of hydrogen-bond acceptors (Lipinski definition) is 2. The number of rotatable bonds is 13. The standard InChI is InChI=1S/C9H15O3.3C4H9.Sn/c10-8(6-9(11)12)7-4-2-1-3-5-7;3*1-3-4-2;/h4,7-8,10H,1-3,5-6H2,(H,11,12);3*1,3-4H2,2H3;. The van der Waals surface area contributed by atoms with Crippen molar-refractivity contribution < 1.29 is 15.0 Å². The van der Waals surface area contributed by atoms with Crippen molar-refractivity contribution in [3.8, 4) is 0 Å². The van der Waals surface area contributed by atoms with Gasteiger partial charge in [-0.1, -0.05) is 0 Å². The fraction of sp³-hybridized carbons (Fsp3) is 0.952. The fourth-order valence-corrected chi connectivity index (χ4v) is 25.6. The topological polar surface area (TPSA) is 57.5 Å². The minimum absolute atomic E-state index is 0.0571. The Morgan fingerprint density at radius 2 is 1.44 bits per heavy atom. The van der Waals surface area contributed by atoms with Crippen molar-refractivity contribution in [1.29, 1.82) is 0 Å². The molecule has 25 heavy (non-hydrogen) atoms. The van der Waals surface area contributed by atoms with Crippen LogP contribution in [0.25, 0.3) is 0 Å². The van der Waals surface area contributed by atoms with Gasteiger partial charge in [0.05, 0.1) is 0 Å². The van der Waals surface area contributed by atoms with Gasteiger partial charge in [-0.3, -0.25) is 0 Å². The van der Waals surface area contributed by atoms with Crippen LogP contribution in [-0.4, -0.2) is 40.7 Å². The van der Waals surface area contributed by atoms with Gasteiger partial charge < -0.3 is 0 Å². The Morgan fingerprint density at radius 3 is 1.88 bits per heavy atom. The second-order valence-corrected chi connectivity index (χ2v) is 22.6. The molecular formula is C21H42O3Sn. The number of carboxylic acids is 1. The Balaban J connectivity index is 3.07. The Morgan fingerprint density at radius 1 is 0.960 bits per heavy atom. The van der Waals surface area contributed by atoms with Crippen LogP contribution >= 0.6 is 0 Å². The van der Waals surface area contributed by atoms with Crippen LogP contribution in [0.5, 0.6) is 0 Å². The van der Waals surface area contributed by atoms with Gasteiger partial charge in [0.25, 0.3) is 0 Å². The summed E-state index contributed by atoms with van der Waals surface area (Å²) in [7, 11) is 0. The zero-order valence-corrected chi connectivity index (χ0v) is 19.8. The van der Waals surface area contributed by atoms with Crippen LogP contribution in [0.3, 0.4) is 0 Å². The van der Waals surface area contributed by atoms with Crippen molar-refractivity contribution in [3.63, 3.8) is 0 Å². The van der Waals surface area contributed by atoms with Gasteiger partial charge in [-0.25, -0.2) is 0 Å².